The summed E-state index contributed by atoms with van der Waals surface area (Å²) in [5.41, 5.74) is 8.91. The van der Waals surface area contributed by atoms with Crippen molar-refractivity contribution in [3.05, 3.63) is 157 Å². The molecular weight excluding hydrogens is 508 g/mol. The fourth-order valence-electron chi connectivity index (χ4n) is 6.34. The quantitative estimate of drug-likeness (QED) is 0.203. The summed E-state index contributed by atoms with van der Waals surface area (Å²) >= 11 is 0. The number of hydrogen-bond donors (Lipinski definition) is 0. The minimum absolute atomic E-state index is 0.0555. The Morgan fingerprint density at radius 3 is 1.69 bits per heavy atom. The lowest BCUT2D eigenvalue weighted by Crippen LogP contribution is -2.00. The van der Waals surface area contributed by atoms with E-state index in [2.05, 4.69) is 108 Å². The number of aromatic nitrogens is 2. The van der Waals surface area contributed by atoms with Crippen LogP contribution in [0.15, 0.2) is 152 Å². The van der Waals surface area contributed by atoms with E-state index in [4.69, 9.17) is 4.11 Å². The predicted molar refractivity (Wildman–Crippen MR) is 177 cm³/mol. The molecule has 0 radical (unpaired) electrons. The normalized spacial score (nSPS) is 12.8. The van der Waals surface area contributed by atoms with Crippen LogP contribution < -0.4 is 0 Å². The molecule has 8 aromatic rings. The van der Waals surface area contributed by atoms with Gasteiger partial charge in [-0.15, -0.1) is 0 Å². The van der Waals surface area contributed by atoms with E-state index in [1.165, 1.54) is 16.7 Å². The zero-order valence-electron chi connectivity index (χ0n) is 25.8. The highest BCUT2D eigenvalue weighted by atomic mass is 15.1. The van der Waals surface area contributed by atoms with Crippen molar-refractivity contribution in [2.24, 2.45) is 0 Å². The molecule has 1 heterocycles. The zero-order valence-corrected chi connectivity index (χ0v) is 22.8. The molecule has 0 aliphatic carbocycles. The maximum atomic E-state index is 8.38. The average molecular weight is 540 g/mol. The number of fused-ring (bicyclic) bond motifs is 3. The van der Waals surface area contributed by atoms with Crippen LogP contribution in [0.25, 0.3) is 71.6 Å². The Kier molecular flexibility index (Phi) is 5.00. The first kappa shape index (κ1) is 21.3. The molecule has 0 amide bonds. The molecule has 0 bridgehead atoms. The molecule has 2 heteroatoms. The molecule has 7 aromatic carbocycles. The average Bonchev–Trinajstić information content (AvgIpc) is 3.48. The van der Waals surface area contributed by atoms with Crippen LogP contribution in [0.4, 0.5) is 0 Å². The van der Waals surface area contributed by atoms with Gasteiger partial charge in [-0.2, -0.15) is 0 Å². The van der Waals surface area contributed by atoms with Crippen LogP contribution in [-0.4, -0.2) is 9.55 Å². The van der Waals surface area contributed by atoms with Crippen molar-refractivity contribution in [2.45, 2.75) is 6.85 Å². The number of aryl methyl sites for hydroxylation is 1. The molecule has 0 N–H and O–H groups in total. The Labute approximate surface area is 249 Å². The summed E-state index contributed by atoms with van der Waals surface area (Å²) in [5.74, 6) is 0.0555. The monoisotopic (exact) mass is 539 g/mol. The van der Waals surface area contributed by atoms with E-state index in [-0.39, 0.29) is 5.82 Å². The minimum Gasteiger partial charge on any atom is -0.296 e. The van der Waals surface area contributed by atoms with Crippen LogP contribution in [0.1, 0.15) is 9.94 Å². The molecule has 0 fully saturated rings. The van der Waals surface area contributed by atoms with Crippen LogP contribution in [0.2, 0.25) is 0 Å². The molecule has 2 nitrogen and oxygen atoms in total. The molecule has 198 valence electrons. The maximum Gasteiger partial charge on any atom is 0.111 e. The lowest BCUT2D eigenvalue weighted by atomic mass is 9.85. The summed E-state index contributed by atoms with van der Waals surface area (Å²) in [5, 5.41) is 4.48. The van der Waals surface area contributed by atoms with E-state index >= 15 is 0 Å². The number of benzene rings is 7. The molecule has 0 saturated carbocycles. The van der Waals surface area contributed by atoms with Gasteiger partial charge >= 0.3 is 0 Å². The third kappa shape index (κ3) is 3.84. The van der Waals surface area contributed by atoms with Gasteiger partial charge in [-0.3, -0.25) is 4.57 Å². The van der Waals surface area contributed by atoms with Gasteiger partial charge in [0.1, 0.15) is 5.82 Å². The highest BCUT2D eigenvalue weighted by molar-refractivity contribution is 6.22. The Hall–Kier alpha value is -5.47. The molecule has 0 aliphatic heterocycles. The molecule has 0 aliphatic rings. The van der Waals surface area contributed by atoms with Gasteiger partial charge < -0.3 is 0 Å². The van der Waals surface area contributed by atoms with Crippen LogP contribution in [0, 0.1) is 6.85 Å². The summed E-state index contributed by atoms with van der Waals surface area (Å²) in [4.78, 5) is 4.60. The van der Waals surface area contributed by atoms with Crippen LogP contribution >= 0.6 is 0 Å². The Balaban J connectivity index is 1.42. The summed E-state index contributed by atoms with van der Waals surface area (Å²) in [6.45, 7) is -2.40. The SMILES string of the molecule is [2H]C([2H])([2H])c1nc2ccccc2n1-c1ccccc1-c1c2ccccc2c(-c2ccc(-c3ccccc3)cc2)c2ccccc12. The molecular formula is C40H28N2. The first-order valence-electron chi connectivity index (χ1n) is 15.7. The summed E-state index contributed by atoms with van der Waals surface area (Å²) in [6, 6.07) is 52.0. The third-order valence-electron chi connectivity index (χ3n) is 8.19. The molecule has 0 unspecified atom stereocenters. The van der Waals surface area contributed by atoms with E-state index in [9.17, 15) is 0 Å². The topological polar surface area (TPSA) is 17.8 Å². The number of imidazole rings is 1. The van der Waals surface area contributed by atoms with Gasteiger partial charge in [0.05, 0.1) is 16.7 Å². The molecule has 0 spiro atoms. The van der Waals surface area contributed by atoms with Gasteiger partial charge in [0, 0.05) is 9.68 Å². The van der Waals surface area contributed by atoms with Gasteiger partial charge in [-0.25, -0.2) is 4.98 Å². The fraction of sp³-hybridized carbons (Fsp3) is 0.0250. The second-order valence-corrected chi connectivity index (χ2v) is 10.6. The van der Waals surface area contributed by atoms with Crippen LogP contribution in [0.3, 0.4) is 0 Å². The van der Waals surface area contributed by atoms with Gasteiger partial charge in [0.2, 0.25) is 0 Å². The maximum absolute atomic E-state index is 8.38. The van der Waals surface area contributed by atoms with Crippen molar-refractivity contribution in [3.8, 4) is 39.1 Å². The van der Waals surface area contributed by atoms with E-state index in [1.807, 2.05) is 53.1 Å². The van der Waals surface area contributed by atoms with E-state index in [0.29, 0.717) is 5.52 Å². The molecule has 1 aromatic heterocycles. The van der Waals surface area contributed by atoms with Crippen molar-refractivity contribution < 1.29 is 4.11 Å². The second kappa shape index (κ2) is 9.87. The second-order valence-electron chi connectivity index (χ2n) is 10.6. The standard InChI is InChI=1S/C40H28N2/c1-27-41-36-20-10-12-22-38(36)42(27)37-21-11-9-19-35(37)40-33-17-7-5-15-31(33)39(32-16-6-8-18-34(32)40)30-25-23-29(24-26-30)28-13-3-2-4-14-28/h2-26H,1H3/i1D3. The highest BCUT2D eigenvalue weighted by Gasteiger charge is 2.20. The highest BCUT2D eigenvalue weighted by Crippen LogP contribution is 2.45. The number of rotatable bonds is 4. The first-order chi connectivity index (χ1) is 22.0. The van der Waals surface area contributed by atoms with Crippen LogP contribution in [0.5, 0.6) is 0 Å². The van der Waals surface area contributed by atoms with Crippen LogP contribution in [-0.2, 0) is 0 Å². The lowest BCUT2D eigenvalue weighted by molar-refractivity contribution is 1.00. The largest absolute Gasteiger partial charge is 0.296 e. The van der Waals surface area contributed by atoms with Crippen molar-refractivity contribution in [1.82, 2.24) is 9.55 Å². The Bertz CT molecular complexity index is 2290. The van der Waals surface area contributed by atoms with Gasteiger partial charge in [0.25, 0.3) is 0 Å². The molecule has 0 atom stereocenters. The molecule has 8 rings (SSSR count). The first-order valence-corrected chi connectivity index (χ1v) is 14.2. The number of nitrogens with zero attached hydrogens (tertiary/aromatic N) is 2. The van der Waals surface area contributed by atoms with Crippen molar-refractivity contribution in [2.75, 3.05) is 0 Å². The summed E-state index contributed by atoms with van der Waals surface area (Å²) < 4.78 is 26.9. The Morgan fingerprint density at radius 2 is 1.00 bits per heavy atom. The third-order valence-corrected chi connectivity index (χ3v) is 8.19. The van der Waals surface area contributed by atoms with Gasteiger partial charge in [-0.1, -0.05) is 133 Å². The number of para-hydroxylation sites is 3. The summed E-state index contributed by atoms with van der Waals surface area (Å²) in [7, 11) is 0. The van der Waals surface area contributed by atoms with Crippen molar-refractivity contribution in [3.63, 3.8) is 0 Å². The summed E-state index contributed by atoms with van der Waals surface area (Å²) in [6.07, 6.45) is 0. The molecule has 42 heavy (non-hydrogen) atoms. The fourth-order valence-corrected chi connectivity index (χ4v) is 6.34. The van der Waals surface area contributed by atoms with Gasteiger partial charge in [-0.05, 0) is 74.4 Å². The van der Waals surface area contributed by atoms with Crippen molar-refractivity contribution >= 4 is 32.6 Å². The Morgan fingerprint density at radius 1 is 0.476 bits per heavy atom. The molecule has 0 saturated heterocycles. The van der Waals surface area contributed by atoms with Gasteiger partial charge in [0.15, 0.2) is 0 Å². The van der Waals surface area contributed by atoms with E-state index < -0.39 is 6.85 Å². The van der Waals surface area contributed by atoms with E-state index in [1.54, 1.807) is 0 Å². The minimum atomic E-state index is -2.40. The lowest BCUT2D eigenvalue weighted by Gasteiger charge is -2.20. The zero-order chi connectivity index (χ0) is 30.5. The van der Waals surface area contributed by atoms with Crippen molar-refractivity contribution in [1.29, 1.82) is 0 Å². The smallest absolute Gasteiger partial charge is 0.111 e. The number of hydrogen-bond acceptors (Lipinski definition) is 1. The van der Waals surface area contributed by atoms with E-state index in [0.717, 1.165) is 49.4 Å². The predicted octanol–water partition coefficient (Wildman–Crippen LogP) is 10.6.